The van der Waals surface area contributed by atoms with Gasteiger partial charge in [-0.25, -0.2) is 9.79 Å². The van der Waals surface area contributed by atoms with Gasteiger partial charge in [-0.1, -0.05) is 5.16 Å². The molecule has 35 heavy (non-hydrogen) atoms. The molecule has 0 aliphatic carbocycles. The number of carbonyl (C=O) groups excluding carboxylic acids is 1. The summed E-state index contributed by atoms with van der Waals surface area (Å²) in [6.45, 7) is 1.72. The molecule has 10 nitrogen and oxygen atoms in total. The van der Waals surface area contributed by atoms with Gasteiger partial charge in [0.15, 0.2) is 11.5 Å². The fourth-order valence-electron chi connectivity index (χ4n) is 3.15. The van der Waals surface area contributed by atoms with Crippen molar-refractivity contribution in [2.24, 2.45) is 9.98 Å². The maximum atomic E-state index is 12.0. The number of nitriles is 1. The maximum absolute atomic E-state index is 12.0. The molecule has 0 bridgehead atoms. The van der Waals surface area contributed by atoms with Crippen LogP contribution in [0.2, 0.25) is 0 Å². The third-order valence-corrected chi connectivity index (χ3v) is 5.46. The van der Waals surface area contributed by atoms with Crippen LogP contribution in [0.25, 0.3) is 11.4 Å². The molecule has 1 amide bonds. The topological polar surface area (TPSA) is 132 Å². The third-order valence-electron chi connectivity index (χ3n) is 4.79. The standard InChI is InChI=1S/C24H23N5O5S/c1-14-26-22(29-34-14)15-6-8-17(9-7-15)27-21(23(35-5)28-24(30)33-4)18-13-20(32-3)19(31-2)12-16(18)10-11-25/h6-9,12-13H,10H2,1-5H3. The molecule has 3 rings (SSSR count). The fraction of sp³-hybridized carbons (Fsp3) is 0.250. The summed E-state index contributed by atoms with van der Waals surface area (Å²) in [6.07, 6.45) is 1.07. The van der Waals surface area contributed by atoms with Crippen molar-refractivity contribution in [3.05, 3.63) is 53.4 Å². The molecule has 0 fully saturated rings. The molecule has 1 aromatic heterocycles. The van der Waals surface area contributed by atoms with Crippen LogP contribution in [0, 0.1) is 18.3 Å². The Hall–Kier alpha value is -4.17. The number of aryl methyl sites for hydroxylation is 1. The molecule has 0 aliphatic rings. The Balaban J connectivity index is 2.20. The minimum absolute atomic E-state index is 0.0741. The summed E-state index contributed by atoms with van der Waals surface area (Å²) in [4.78, 5) is 25.1. The zero-order valence-corrected chi connectivity index (χ0v) is 20.7. The molecule has 11 heteroatoms. The minimum Gasteiger partial charge on any atom is -0.493 e. The molecular formula is C24H23N5O5S. The predicted molar refractivity (Wildman–Crippen MR) is 133 cm³/mol. The normalized spacial score (nSPS) is 11.7. The molecule has 0 N–H and O–H groups in total. The summed E-state index contributed by atoms with van der Waals surface area (Å²) < 4.78 is 20.6. The van der Waals surface area contributed by atoms with Crippen LogP contribution in [0.4, 0.5) is 10.5 Å². The lowest BCUT2D eigenvalue weighted by Gasteiger charge is -2.16. The average molecular weight is 494 g/mol. The Bertz CT molecular complexity index is 1310. The summed E-state index contributed by atoms with van der Waals surface area (Å²) in [5.74, 6) is 1.84. The lowest BCUT2D eigenvalue weighted by atomic mass is 9.99. The van der Waals surface area contributed by atoms with Crippen molar-refractivity contribution in [2.75, 3.05) is 27.6 Å². The van der Waals surface area contributed by atoms with Crippen LogP contribution < -0.4 is 9.47 Å². The number of aromatic nitrogens is 2. The van der Waals surface area contributed by atoms with E-state index in [0.717, 1.165) is 5.56 Å². The van der Waals surface area contributed by atoms with Gasteiger partial charge < -0.3 is 18.7 Å². The Morgan fingerprint density at radius 3 is 2.37 bits per heavy atom. The van der Waals surface area contributed by atoms with E-state index in [1.54, 1.807) is 37.4 Å². The molecule has 3 aromatic rings. The van der Waals surface area contributed by atoms with Gasteiger partial charge in [0.1, 0.15) is 10.8 Å². The Morgan fingerprint density at radius 2 is 1.83 bits per heavy atom. The largest absolute Gasteiger partial charge is 0.493 e. The van der Waals surface area contributed by atoms with Crippen LogP contribution in [-0.4, -0.2) is 54.6 Å². The summed E-state index contributed by atoms with van der Waals surface area (Å²) >= 11 is 1.22. The van der Waals surface area contributed by atoms with Crippen LogP contribution >= 0.6 is 11.8 Å². The number of amides is 1. The lowest BCUT2D eigenvalue weighted by Crippen LogP contribution is -2.17. The van der Waals surface area contributed by atoms with E-state index < -0.39 is 6.09 Å². The SMILES string of the molecule is COC(=O)N=C(SC)C(=Nc1ccc(-c2noc(C)n2)cc1)c1cc(OC)c(OC)cc1CC#N. The van der Waals surface area contributed by atoms with Gasteiger partial charge in [-0.05, 0) is 48.2 Å². The molecule has 0 unspecified atom stereocenters. The van der Waals surface area contributed by atoms with E-state index in [4.69, 9.17) is 23.7 Å². The van der Waals surface area contributed by atoms with Gasteiger partial charge in [0.2, 0.25) is 11.7 Å². The zero-order chi connectivity index (χ0) is 25.4. The van der Waals surface area contributed by atoms with Gasteiger partial charge in [-0.2, -0.15) is 15.2 Å². The molecular weight excluding hydrogens is 470 g/mol. The van der Waals surface area contributed by atoms with Crippen molar-refractivity contribution in [3.63, 3.8) is 0 Å². The molecule has 0 atom stereocenters. The summed E-state index contributed by atoms with van der Waals surface area (Å²) in [5.41, 5.74) is 2.91. The number of aliphatic imine (C=N–C) groups is 2. The van der Waals surface area contributed by atoms with E-state index in [1.807, 2.05) is 12.1 Å². The fourth-order valence-corrected chi connectivity index (χ4v) is 3.67. The van der Waals surface area contributed by atoms with E-state index in [1.165, 1.54) is 33.1 Å². The van der Waals surface area contributed by atoms with Crippen molar-refractivity contribution in [2.45, 2.75) is 13.3 Å². The number of thioether (sulfide) groups is 1. The van der Waals surface area contributed by atoms with E-state index >= 15 is 0 Å². The van der Waals surface area contributed by atoms with Crippen LogP contribution in [0.1, 0.15) is 17.0 Å². The van der Waals surface area contributed by atoms with Crippen molar-refractivity contribution in [1.29, 1.82) is 5.26 Å². The summed E-state index contributed by atoms with van der Waals surface area (Å²) in [6, 6.07) is 12.8. The van der Waals surface area contributed by atoms with Gasteiger partial charge >= 0.3 is 6.09 Å². The maximum Gasteiger partial charge on any atom is 0.434 e. The van der Waals surface area contributed by atoms with Crippen LogP contribution in [0.15, 0.2) is 50.9 Å². The number of carbonyl (C=O) groups is 1. The molecule has 0 spiro atoms. The number of methoxy groups -OCH3 is 3. The monoisotopic (exact) mass is 493 g/mol. The Kier molecular flexibility index (Phi) is 8.58. The molecule has 0 aliphatic heterocycles. The smallest absolute Gasteiger partial charge is 0.434 e. The number of benzene rings is 2. The first kappa shape index (κ1) is 25.5. The second kappa shape index (κ2) is 11.8. The quantitative estimate of drug-likeness (QED) is 0.337. The average Bonchev–Trinajstić information content (AvgIpc) is 3.32. The first-order valence-electron chi connectivity index (χ1n) is 10.3. The number of rotatable bonds is 7. The van der Waals surface area contributed by atoms with Gasteiger partial charge in [0.05, 0.1) is 39.5 Å². The number of ether oxygens (including phenoxy) is 3. The lowest BCUT2D eigenvalue weighted by molar-refractivity contribution is 0.183. The van der Waals surface area contributed by atoms with Gasteiger partial charge in [0, 0.05) is 18.1 Å². The third kappa shape index (κ3) is 6.04. The highest BCUT2D eigenvalue weighted by Crippen LogP contribution is 2.33. The van der Waals surface area contributed by atoms with Crippen molar-refractivity contribution in [1.82, 2.24) is 10.1 Å². The molecule has 1 heterocycles. The molecule has 2 aromatic carbocycles. The van der Waals surface area contributed by atoms with E-state index in [2.05, 4.69) is 21.2 Å². The first-order chi connectivity index (χ1) is 16.9. The zero-order valence-electron chi connectivity index (χ0n) is 19.9. The van der Waals surface area contributed by atoms with Gasteiger partial charge in [0.25, 0.3) is 0 Å². The minimum atomic E-state index is -0.771. The molecule has 180 valence electrons. The second-order valence-corrected chi connectivity index (χ2v) is 7.73. The number of nitrogens with zero attached hydrogens (tertiary/aromatic N) is 5. The van der Waals surface area contributed by atoms with E-state index in [-0.39, 0.29) is 6.42 Å². The Labute approximate surface area is 206 Å². The molecule has 0 radical (unpaired) electrons. The second-order valence-electron chi connectivity index (χ2n) is 6.93. The highest BCUT2D eigenvalue weighted by atomic mass is 32.2. The first-order valence-corrected chi connectivity index (χ1v) is 11.5. The number of hydrogen-bond donors (Lipinski definition) is 0. The van der Waals surface area contributed by atoms with Crippen LogP contribution in [-0.2, 0) is 11.2 Å². The Morgan fingerprint density at radius 1 is 1.14 bits per heavy atom. The summed E-state index contributed by atoms with van der Waals surface area (Å²) in [5, 5.41) is 13.7. The summed E-state index contributed by atoms with van der Waals surface area (Å²) in [7, 11) is 4.27. The molecule has 0 saturated heterocycles. The number of hydrogen-bond acceptors (Lipinski definition) is 10. The van der Waals surface area contributed by atoms with Gasteiger partial charge in [-0.3, -0.25) is 0 Å². The van der Waals surface area contributed by atoms with Crippen molar-refractivity contribution in [3.8, 4) is 29.0 Å². The van der Waals surface area contributed by atoms with Crippen LogP contribution in [0.3, 0.4) is 0 Å². The van der Waals surface area contributed by atoms with E-state index in [9.17, 15) is 10.1 Å². The van der Waals surface area contributed by atoms with Gasteiger partial charge in [-0.15, -0.1) is 11.8 Å². The van der Waals surface area contributed by atoms with Crippen molar-refractivity contribution < 1.29 is 23.5 Å². The van der Waals surface area contributed by atoms with E-state index in [0.29, 0.717) is 50.8 Å². The highest BCUT2D eigenvalue weighted by Gasteiger charge is 2.21. The predicted octanol–water partition coefficient (Wildman–Crippen LogP) is 4.78. The van der Waals surface area contributed by atoms with Crippen molar-refractivity contribution >= 4 is 34.3 Å². The highest BCUT2D eigenvalue weighted by molar-refractivity contribution is 8.15. The van der Waals surface area contributed by atoms with Crippen LogP contribution in [0.5, 0.6) is 11.5 Å². The molecule has 0 saturated carbocycles.